The molecule has 0 saturated carbocycles. The number of aryl methyl sites for hydroxylation is 1. The molecule has 17 heavy (non-hydrogen) atoms. The Labute approximate surface area is 101 Å². The second kappa shape index (κ2) is 5.63. The smallest absolute Gasteiger partial charge is 0.269 e. The number of nitrogens with zero attached hydrogens (tertiary/aromatic N) is 1. The zero-order valence-electron chi connectivity index (χ0n) is 10.3. The number of non-ortho nitro benzene ring substituents is 1. The molecule has 5 nitrogen and oxygen atoms in total. The highest BCUT2D eigenvalue weighted by molar-refractivity contribution is 5.55. The fraction of sp³-hybridized carbons (Fsp3) is 0.500. The summed E-state index contributed by atoms with van der Waals surface area (Å²) in [4.78, 5) is 10.2. The van der Waals surface area contributed by atoms with Crippen LogP contribution in [0, 0.1) is 23.0 Å². The first-order chi connectivity index (χ1) is 7.95. The average molecular weight is 238 g/mol. The lowest BCUT2D eigenvalue weighted by Crippen LogP contribution is -2.26. The van der Waals surface area contributed by atoms with Gasteiger partial charge in [0.2, 0.25) is 0 Å². The summed E-state index contributed by atoms with van der Waals surface area (Å²) < 4.78 is 0. The van der Waals surface area contributed by atoms with Crippen LogP contribution >= 0.6 is 0 Å². The first-order valence-electron chi connectivity index (χ1n) is 5.58. The van der Waals surface area contributed by atoms with E-state index in [0.29, 0.717) is 0 Å². The van der Waals surface area contributed by atoms with Crippen molar-refractivity contribution < 1.29 is 10.0 Å². The van der Waals surface area contributed by atoms with Crippen molar-refractivity contribution >= 4 is 11.4 Å². The Balaban J connectivity index is 2.82. The Morgan fingerprint density at radius 3 is 2.59 bits per heavy atom. The van der Waals surface area contributed by atoms with Crippen LogP contribution in [0.1, 0.15) is 19.4 Å². The van der Waals surface area contributed by atoms with Crippen LogP contribution in [0.25, 0.3) is 0 Å². The van der Waals surface area contributed by atoms with Gasteiger partial charge in [0.05, 0.1) is 4.92 Å². The van der Waals surface area contributed by atoms with Gasteiger partial charge in [-0.1, -0.05) is 6.92 Å². The Hall–Kier alpha value is -1.62. The van der Waals surface area contributed by atoms with E-state index in [4.69, 9.17) is 5.11 Å². The molecule has 0 spiro atoms. The van der Waals surface area contributed by atoms with E-state index in [-0.39, 0.29) is 24.3 Å². The minimum Gasteiger partial charge on any atom is -0.396 e. The predicted molar refractivity (Wildman–Crippen MR) is 67.2 cm³/mol. The third kappa shape index (κ3) is 3.42. The molecule has 1 aromatic carbocycles. The lowest BCUT2D eigenvalue weighted by molar-refractivity contribution is -0.384. The van der Waals surface area contributed by atoms with E-state index in [2.05, 4.69) is 5.32 Å². The average Bonchev–Trinajstić information content (AvgIpc) is 2.30. The Bertz CT molecular complexity index is 407. The van der Waals surface area contributed by atoms with E-state index in [1.54, 1.807) is 12.1 Å². The van der Waals surface area contributed by atoms with Crippen LogP contribution in [-0.4, -0.2) is 22.7 Å². The Kier molecular flexibility index (Phi) is 4.45. The fourth-order valence-corrected chi connectivity index (χ4v) is 1.47. The van der Waals surface area contributed by atoms with Crippen LogP contribution in [0.5, 0.6) is 0 Å². The monoisotopic (exact) mass is 238 g/mol. The van der Waals surface area contributed by atoms with Crippen molar-refractivity contribution in [2.45, 2.75) is 26.8 Å². The first-order valence-corrected chi connectivity index (χ1v) is 5.58. The third-order valence-electron chi connectivity index (χ3n) is 2.95. The molecule has 0 aliphatic carbocycles. The summed E-state index contributed by atoms with van der Waals surface area (Å²) in [5.41, 5.74) is 1.79. The molecule has 0 amide bonds. The summed E-state index contributed by atoms with van der Waals surface area (Å²) in [6, 6.07) is 4.83. The molecule has 0 saturated heterocycles. The molecule has 2 N–H and O–H groups in total. The number of aliphatic hydroxyl groups excluding tert-OH is 1. The predicted octanol–water partition coefficient (Wildman–Crippen LogP) is 2.33. The van der Waals surface area contributed by atoms with Gasteiger partial charge in [-0.3, -0.25) is 10.1 Å². The van der Waals surface area contributed by atoms with Gasteiger partial charge in [-0.2, -0.15) is 0 Å². The lowest BCUT2D eigenvalue weighted by Gasteiger charge is -2.21. The molecule has 1 rings (SSSR count). The molecule has 0 aliphatic heterocycles. The topological polar surface area (TPSA) is 75.4 Å². The van der Waals surface area contributed by atoms with E-state index in [1.165, 1.54) is 6.07 Å². The minimum absolute atomic E-state index is 0.0934. The summed E-state index contributed by atoms with van der Waals surface area (Å²) in [5, 5.41) is 22.9. The number of nitrogens with one attached hydrogen (secondary N) is 1. The van der Waals surface area contributed by atoms with Crippen molar-refractivity contribution in [2.75, 3.05) is 11.9 Å². The van der Waals surface area contributed by atoms with Crippen molar-refractivity contribution in [3.05, 3.63) is 33.9 Å². The highest BCUT2D eigenvalue weighted by atomic mass is 16.6. The maximum absolute atomic E-state index is 10.6. The molecule has 0 heterocycles. The number of benzene rings is 1. The zero-order valence-corrected chi connectivity index (χ0v) is 10.3. The van der Waals surface area contributed by atoms with Crippen LogP contribution in [-0.2, 0) is 0 Å². The molecule has 94 valence electrons. The van der Waals surface area contributed by atoms with E-state index in [0.717, 1.165) is 11.3 Å². The van der Waals surface area contributed by atoms with Gasteiger partial charge < -0.3 is 10.4 Å². The molecule has 0 radical (unpaired) electrons. The second-order valence-corrected chi connectivity index (χ2v) is 4.35. The molecular formula is C12H18N2O3. The largest absolute Gasteiger partial charge is 0.396 e. The fourth-order valence-electron chi connectivity index (χ4n) is 1.47. The number of rotatable bonds is 5. The van der Waals surface area contributed by atoms with Crippen molar-refractivity contribution in [3.8, 4) is 0 Å². The van der Waals surface area contributed by atoms with Gasteiger partial charge in [0.1, 0.15) is 0 Å². The molecule has 5 heteroatoms. The molecule has 2 atom stereocenters. The first kappa shape index (κ1) is 13.4. The van der Waals surface area contributed by atoms with Crippen molar-refractivity contribution in [1.29, 1.82) is 0 Å². The summed E-state index contributed by atoms with van der Waals surface area (Å²) in [6.45, 7) is 5.85. The number of aliphatic hydroxyl groups is 1. The SMILES string of the molecule is Cc1cc([N+](=O)[O-])ccc1NC(C)C(C)CO. The standard InChI is InChI=1S/C12H18N2O3/c1-8-6-11(14(16)17)4-5-12(8)13-10(3)9(2)7-15/h4-6,9-10,13,15H,7H2,1-3H3. The number of anilines is 1. The number of nitro groups is 1. The molecular weight excluding hydrogens is 220 g/mol. The Morgan fingerprint density at radius 1 is 1.47 bits per heavy atom. The maximum atomic E-state index is 10.6. The normalized spacial score (nSPS) is 14.1. The van der Waals surface area contributed by atoms with Gasteiger partial charge in [-0.15, -0.1) is 0 Å². The highest BCUT2D eigenvalue weighted by Gasteiger charge is 2.13. The Morgan fingerprint density at radius 2 is 2.12 bits per heavy atom. The molecule has 0 bridgehead atoms. The van der Waals surface area contributed by atoms with Crippen LogP contribution in [0.2, 0.25) is 0 Å². The van der Waals surface area contributed by atoms with Crippen molar-refractivity contribution in [1.82, 2.24) is 0 Å². The molecule has 0 aromatic heterocycles. The number of hydrogen-bond acceptors (Lipinski definition) is 4. The van der Waals surface area contributed by atoms with Gasteiger partial charge in [0.25, 0.3) is 5.69 Å². The van der Waals surface area contributed by atoms with Gasteiger partial charge >= 0.3 is 0 Å². The van der Waals surface area contributed by atoms with Crippen LogP contribution < -0.4 is 5.32 Å². The zero-order chi connectivity index (χ0) is 13.0. The van der Waals surface area contributed by atoms with E-state index in [9.17, 15) is 10.1 Å². The molecule has 0 aliphatic rings. The van der Waals surface area contributed by atoms with Gasteiger partial charge in [-0.25, -0.2) is 0 Å². The van der Waals surface area contributed by atoms with E-state index < -0.39 is 4.92 Å². The van der Waals surface area contributed by atoms with E-state index in [1.807, 2.05) is 20.8 Å². The van der Waals surface area contributed by atoms with Gasteiger partial charge in [0, 0.05) is 30.5 Å². The summed E-state index contributed by atoms with van der Waals surface area (Å²) in [6.07, 6.45) is 0. The molecule has 2 unspecified atom stereocenters. The minimum atomic E-state index is -0.406. The number of nitro benzene ring substituents is 1. The van der Waals surface area contributed by atoms with Crippen LogP contribution in [0.3, 0.4) is 0 Å². The third-order valence-corrected chi connectivity index (χ3v) is 2.95. The lowest BCUT2D eigenvalue weighted by atomic mass is 10.0. The van der Waals surface area contributed by atoms with Gasteiger partial charge in [-0.05, 0) is 31.4 Å². The quantitative estimate of drug-likeness (QED) is 0.609. The summed E-state index contributed by atoms with van der Waals surface area (Å²) >= 11 is 0. The summed E-state index contributed by atoms with van der Waals surface area (Å²) in [5.74, 6) is 0.129. The van der Waals surface area contributed by atoms with E-state index >= 15 is 0 Å². The van der Waals surface area contributed by atoms with Crippen LogP contribution in [0.15, 0.2) is 18.2 Å². The second-order valence-electron chi connectivity index (χ2n) is 4.35. The van der Waals surface area contributed by atoms with Crippen LogP contribution in [0.4, 0.5) is 11.4 Å². The molecule has 0 fully saturated rings. The molecule has 1 aromatic rings. The number of hydrogen-bond donors (Lipinski definition) is 2. The highest BCUT2D eigenvalue weighted by Crippen LogP contribution is 2.22. The van der Waals surface area contributed by atoms with Gasteiger partial charge in [0.15, 0.2) is 0 Å². The maximum Gasteiger partial charge on any atom is 0.269 e. The van der Waals surface area contributed by atoms with Crippen molar-refractivity contribution in [3.63, 3.8) is 0 Å². The summed E-state index contributed by atoms with van der Waals surface area (Å²) in [7, 11) is 0. The van der Waals surface area contributed by atoms with Crippen molar-refractivity contribution in [2.24, 2.45) is 5.92 Å².